The van der Waals surface area contributed by atoms with E-state index in [0.717, 1.165) is 7.11 Å². The fourth-order valence-electron chi connectivity index (χ4n) is 1.39. The Morgan fingerprint density at radius 3 is 2.56 bits per heavy atom. The maximum absolute atomic E-state index is 11.2. The lowest BCUT2D eigenvalue weighted by Crippen LogP contribution is -2.27. The van der Waals surface area contributed by atoms with Crippen molar-refractivity contribution in [2.75, 3.05) is 7.11 Å². The number of ether oxygens (including phenoxy) is 1. The minimum absolute atomic E-state index is 0.142. The molecule has 0 bridgehead atoms. The highest BCUT2D eigenvalue weighted by atomic mass is 16.5. The van der Waals surface area contributed by atoms with Crippen molar-refractivity contribution < 1.29 is 20.8 Å². The van der Waals surface area contributed by atoms with E-state index in [4.69, 9.17) is 1.37 Å². The fourth-order valence-corrected chi connectivity index (χ4v) is 1.39. The molecule has 1 atom stereocenters. The van der Waals surface area contributed by atoms with Crippen molar-refractivity contribution in [3.8, 4) is 0 Å². The summed E-state index contributed by atoms with van der Waals surface area (Å²) in [6.07, 6.45) is 0. The van der Waals surface area contributed by atoms with Crippen LogP contribution in [0.3, 0.4) is 0 Å². The average molecular weight is 250 g/mol. The number of carboxylic acids is 1. The molecule has 0 heterocycles. The molecule has 0 aliphatic heterocycles. The normalized spacial score (nSPS) is 14.0. The summed E-state index contributed by atoms with van der Waals surface area (Å²) < 4.78 is 11.9. The number of nitrogens with one attached hydrogen (secondary N) is 1. The van der Waals surface area contributed by atoms with Crippen LogP contribution in [0.4, 0.5) is 0 Å². The highest BCUT2D eigenvalue weighted by Gasteiger charge is 2.19. The van der Waals surface area contributed by atoms with Crippen LogP contribution in [0.2, 0.25) is 0 Å². The molecule has 1 aromatic rings. The summed E-state index contributed by atoms with van der Waals surface area (Å²) in [7, 11) is 1.16. The van der Waals surface area contributed by atoms with Crippen molar-refractivity contribution >= 4 is 11.9 Å². The minimum atomic E-state index is -1.09. The second-order valence-electron chi connectivity index (χ2n) is 3.57. The molecule has 1 unspecified atom stereocenters. The largest absolute Gasteiger partial charge is 0.479 e. The van der Waals surface area contributed by atoms with Crippen LogP contribution in [0.15, 0.2) is 42.1 Å². The summed E-state index contributed by atoms with van der Waals surface area (Å²) in [4.78, 5) is 22.4. The molecule has 5 nitrogen and oxygen atoms in total. The van der Waals surface area contributed by atoms with Crippen molar-refractivity contribution in [3.05, 3.63) is 47.6 Å². The second-order valence-corrected chi connectivity index (χ2v) is 3.57. The maximum atomic E-state index is 11.2. The van der Waals surface area contributed by atoms with Crippen LogP contribution in [0, 0.1) is 0 Å². The van der Waals surface area contributed by atoms with Crippen LogP contribution >= 0.6 is 0 Å². The summed E-state index contributed by atoms with van der Waals surface area (Å²) in [6.45, 7) is 1.46. The predicted molar refractivity (Wildman–Crippen MR) is 65.7 cm³/mol. The van der Waals surface area contributed by atoms with Gasteiger partial charge in [0.25, 0.3) is 0 Å². The highest BCUT2D eigenvalue weighted by Crippen LogP contribution is 2.14. The van der Waals surface area contributed by atoms with Gasteiger partial charge in [-0.15, -0.1) is 0 Å². The van der Waals surface area contributed by atoms with Crippen LogP contribution in [-0.2, 0) is 14.3 Å². The zero-order valence-electron chi connectivity index (χ0n) is 11.1. The van der Waals surface area contributed by atoms with E-state index in [1.54, 1.807) is 30.3 Å². The first kappa shape index (κ1) is 12.2. The van der Waals surface area contributed by atoms with Gasteiger partial charge in [-0.25, -0.2) is 9.59 Å². The lowest BCUT2D eigenvalue weighted by molar-refractivity contribution is -0.139. The van der Waals surface area contributed by atoms with Crippen molar-refractivity contribution in [1.29, 1.82) is 0 Å². The number of benzene rings is 1. The van der Waals surface area contributed by atoms with E-state index >= 15 is 0 Å². The third-order valence-electron chi connectivity index (χ3n) is 2.22. The number of carboxylic acid groups (broad SMARTS) is 1. The third-order valence-corrected chi connectivity index (χ3v) is 2.22. The molecule has 0 aliphatic rings. The number of carbonyl (C=O) groups is 2. The zero-order valence-corrected chi connectivity index (χ0v) is 10.1. The molecule has 0 spiro atoms. The molecule has 1 rings (SSSR count). The quantitative estimate of drug-likeness (QED) is 0.611. The predicted octanol–water partition coefficient (Wildman–Crippen LogP) is 1.48. The number of hydrogen-bond acceptors (Lipinski definition) is 4. The number of allylic oxidation sites excluding steroid dienone is 1. The van der Waals surface area contributed by atoms with Crippen molar-refractivity contribution in [2.24, 2.45) is 0 Å². The first-order valence-electron chi connectivity index (χ1n) is 5.77. The monoisotopic (exact) mass is 250 g/mol. The lowest BCUT2D eigenvalue weighted by atomic mass is 10.1. The molecule has 96 valence electrons. The Hall–Kier alpha value is -2.30. The van der Waals surface area contributed by atoms with E-state index in [1.807, 2.05) is 0 Å². The number of carbonyl (C=O) groups excluding carboxylic acids is 1. The smallest absolute Gasteiger partial charge is 0.332 e. The first-order chi connectivity index (χ1) is 8.97. The molecule has 18 heavy (non-hydrogen) atoms. The van der Waals surface area contributed by atoms with Crippen LogP contribution in [0.5, 0.6) is 0 Å². The SMILES string of the molecule is [2H]C(C(=O)OC)=C(C)NC(C(=O)O)c1ccccc1. The molecule has 2 N–H and O–H groups in total. The van der Waals surface area contributed by atoms with Crippen LogP contribution in [-0.4, -0.2) is 24.2 Å². The van der Waals surface area contributed by atoms with Gasteiger partial charge in [0.05, 0.1) is 8.48 Å². The molecule has 0 aromatic heterocycles. The Labute approximate surface area is 106 Å². The summed E-state index contributed by atoms with van der Waals surface area (Å²) in [5.41, 5.74) is 0.676. The molecule has 0 fully saturated rings. The van der Waals surface area contributed by atoms with E-state index in [9.17, 15) is 14.7 Å². The number of aliphatic carboxylic acids is 1. The van der Waals surface area contributed by atoms with Gasteiger partial charge in [-0.05, 0) is 12.5 Å². The van der Waals surface area contributed by atoms with E-state index < -0.39 is 24.0 Å². The molecule has 0 saturated heterocycles. The number of rotatable bonds is 5. The van der Waals surface area contributed by atoms with Crippen LogP contribution in [0.25, 0.3) is 0 Å². The Bertz CT molecular complexity index is 499. The lowest BCUT2D eigenvalue weighted by Gasteiger charge is -2.16. The van der Waals surface area contributed by atoms with Gasteiger partial charge in [0.15, 0.2) is 0 Å². The van der Waals surface area contributed by atoms with Crippen molar-refractivity contribution in [3.63, 3.8) is 0 Å². The van der Waals surface area contributed by atoms with Gasteiger partial charge in [-0.2, -0.15) is 0 Å². The molecule has 1 aromatic carbocycles. The van der Waals surface area contributed by atoms with Gasteiger partial charge in [0.1, 0.15) is 6.04 Å². The molecule has 0 amide bonds. The number of esters is 1. The van der Waals surface area contributed by atoms with Gasteiger partial charge in [0.2, 0.25) is 0 Å². The zero-order chi connectivity index (χ0) is 14.4. The topological polar surface area (TPSA) is 75.6 Å². The average Bonchev–Trinajstić information content (AvgIpc) is 2.43. The minimum Gasteiger partial charge on any atom is -0.479 e. The number of hydrogen-bond donors (Lipinski definition) is 2. The Morgan fingerprint density at radius 1 is 1.44 bits per heavy atom. The highest BCUT2D eigenvalue weighted by molar-refractivity contribution is 5.83. The van der Waals surface area contributed by atoms with Gasteiger partial charge >= 0.3 is 11.9 Å². The van der Waals surface area contributed by atoms with Gasteiger partial charge in [-0.3, -0.25) is 0 Å². The standard InChI is InChI=1S/C13H15NO4/c1-9(8-11(15)18-2)14-12(13(16)17)10-6-4-3-5-7-10/h3-8,12,14H,1-2H3,(H,16,17)/i8D. The maximum Gasteiger partial charge on any atom is 0.332 e. The molecule has 0 aliphatic carbocycles. The third kappa shape index (κ3) is 3.93. The van der Waals surface area contributed by atoms with E-state index in [-0.39, 0.29) is 5.70 Å². The molecule has 0 saturated carbocycles. The Morgan fingerprint density at radius 2 is 2.06 bits per heavy atom. The summed E-state index contributed by atoms with van der Waals surface area (Å²) >= 11 is 0. The number of methoxy groups -OCH3 is 1. The van der Waals surface area contributed by atoms with E-state index in [2.05, 4.69) is 10.1 Å². The Kier molecular flexibility index (Phi) is 4.35. The second kappa shape index (κ2) is 6.44. The molecule has 5 heteroatoms. The summed E-state index contributed by atoms with van der Waals surface area (Å²) in [6, 6.07) is 7.09. The molecular formula is C13H15NO4. The van der Waals surface area contributed by atoms with Crippen LogP contribution in [0.1, 0.15) is 19.9 Å². The fraction of sp³-hybridized carbons (Fsp3) is 0.231. The van der Waals surface area contributed by atoms with Crippen molar-refractivity contribution in [1.82, 2.24) is 5.32 Å². The van der Waals surface area contributed by atoms with Gasteiger partial charge in [0, 0.05) is 11.7 Å². The summed E-state index contributed by atoms with van der Waals surface area (Å²) in [5, 5.41) is 11.8. The summed E-state index contributed by atoms with van der Waals surface area (Å²) in [5.74, 6) is -1.91. The molecular weight excluding hydrogens is 234 g/mol. The van der Waals surface area contributed by atoms with Crippen LogP contribution < -0.4 is 5.32 Å². The molecule has 0 radical (unpaired) electrons. The van der Waals surface area contributed by atoms with E-state index in [0.29, 0.717) is 5.56 Å². The van der Waals surface area contributed by atoms with Gasteiger partial charge < -0.3 is 15.2 Å². The van der Waals surface area contributed by atoms with Crippen molar-refractivity contribution in [2.45, 2.75) is 13.0 Å². The van der Waals surface area contributed by atoms with E-state index in [1.165, 1.54) is 6.92 Å². The van der Waals surface area contributed by atoms with Gasteiger partial charge in [-0.1, -0.05) is 30.3 Å². The first-order valence-corrected chi connectivity index (χ1v) is 5.27. The Balaban J connectivity index is 2.99.